The summed E-state index contributed by atoms with van der Waals surface area (Å²) in [5.74, 6) is -1.43. The lowest BCUT2D eigenvalue weighted by molar-refractivity contribution is -0.133. The van der Waals surface area contributed by atoms with Crippen molar-refractivity contribution in [1.29, 1.82) is 5.26 Å². The fraction of sp³-hybridized carbons (Fsp3) is 0.286. The summed E-state index contributed by atoms with van der Waals surface area (Å²) in [6, 6.07) is 15.6. The molecule has 8 nitrogen and oxygen atoms in total. The third-order valence-electron chi connectivity index (χ3n) is 4.34. The van der Waals surface area contributed by atoms with Crippen LogP contribution in [0.15, 0.2) is 48.5 Å². The highest BCUT2D eigenvalue weighted by Gasteiger charge is 2.25. The van der Waals surface area contributed by atoms with E-state index in [9.17, 15) is 14.7 Å². The highest BCUT2D eigenvalue weighted by atomic mass is 16.5. The van der Waals surface area contributed by atoms with E-state index in [0.29, 0.717) is 25.1 Å². The molecule has 0 radical (unpaired) electrons. The zero-order valence-electron chi connectivity index (χ0n) is 16.1. The molecule has 0 aromatic heterocycles. The Balaban J connectivity index is 2.01. The topological polar surface area (TPSA) is 134 Å². The zero-order chi connectivity index (χ0) is 21.2. The average Bonchev–Trinajstić information content (AvgIpc) is 2.74. The molecule has 8 heteroatoms. The number of benzene rings is 2. The second-order valence-corrected chi connectivity index (χ2v) is 6.53. The SMILES string of the molecule is C[C@@H](O)[C@H](NC(=O)c1ccc(-c2ccc(CNCCC#N)cc2)cc1)C(=O)NO. The molecule has 0 spiro atoms. The van der Waals surface area contributed by atoms with Gasteiger partial charge in [0.1, 0.15) is 6.04 Å². The number of carbonyl (C=O) groups excluding carboxylic acids is 2. The van der Waals surface area contributed by atoms with E-state index >= 15 is 0 Å². The van der Waals surface area contributed by atoms with Gasteiger partial charge in [-0.25, -0.2) is 5.48 Å². The van der Waals surface area contributed by atoms with Crippen molar-refractivity contribution in [3.8, 4) is 17.2 Å². The first-order chi connectivity index (χ1) is 14.0. The summed E-state index contributed by atoms with van der Waals surface area (Å²) in [4.78, 5) is 23.8. The Morgan fingerprint density at radius 1 is 1.07 bits per heavy atom. The first-order valence-electron chi connectivity index (χ1n) is 9.16. The summed E-state index contributed by atoms with van der Waals surface area (Å²) in [6.45, 7) is 2.68. The van der Waals surface area contributed by atoms with Crippen LogP contribution < -0.4 is 16.1 Å². The van der Waals surface area contributed by atoms with Crippen LogP contribution in [0.25, 0.3) is 11.1 Å². The van der Waals surface area contributed by atoms with Gasteiger partial charge in [-0.2, -0.15) is 5.26 Å². The van der Waals surface area contributed by atoms with Crippen LogP contribution in [0.4, 0.5) is 0 Å². The van der Waals surface area contributed by atoms with E-state index in [4.69, 9.17) is 10.5 Å². The third kappa shape index (κ3) is 6.40. The lowest BCUT2D eigenvalue weighted by atomic mass is 10.0. The lowest BCUT2D eigenvalue weighted by Gasteiger charge is -2.19. The Hall–Kier alpha value is -3.25. The summed E-state index contributed by atoms with van der Waals surface area (Å²) in [6.07, 6.45) is -0.695. The van der Waals surface area contributed by atoms with Gasteiger partial charge in [0, 0.05) is 25.1 Å². The predicted molar refractivity (Wildman–Crippen MR) is 107 cm³/mol. The number of aliphatic hydroxyl groups excluding tert-OH is 1. The van der Waals surface area contributed by atoms with E-state index in [1.807, 2.05) is 24.3 Å². The highest BCUT2D eigenvalue weighted by Crippen LogP contribution is 2.20. The number of carbonyl (C=O) groups is 2. The van der Waals surface area contributed by atoms with Crippen LogP contribution in [-0.4, -0.2) is 40.8 Å². The molecule has 29 heavy (non-hydrogen) atoms. The van der Waals surface area contributed by atoms with E-state index in [1.165, 1.54) is 12.4 Å². The van der Waals surface area contributed by atoms with Gasteiger partial charge in [-0.05, 0) is 35.7 Å². The molecule has 2 amide bonds. The molecule has 0 unspecified atom stereocenters. The van der Waals surface area contributed by atoms with Gasteiger partial charge in [-0.1, -0.05) is 36.4 Å². The smallest absolute Gasteiger partial charge is 0.268 e. The minimum Gasteiger partial charge on any atom is -0.391 e. The van der Waals surface area contributed by atoms with Crippen LogP contribution in [0.2, 0.25) is 0 Å². The van der Waals surface area contributed by atoms with Crippen LogP contribution in [0.1, 0.15) is 29.3 Å². The van der Waals surface area contributed by atoms with Crippen LogP contribution in [0.5, 0.6) is 0 Å². The number of rotatable bonds is 9. The van der Waals surface area contributed by atoms with Crippen LogP contribution >= 0.6 is 0 Å². The number of hydrogen-bond acceptors (Lipinski definition) is 6. The summed E-state index contributed by atoms with van der Waals surface area (Å²) in [5, 5.41) is 32.4. The van der Waals surface area contributed by atoms with Gasteiger partial charge in [-0.3, -0.25) is 14.8 Å². The van der Waals surface area contributed by atoms with Crippen LogP contribution in [0, 0.1) is 11.3 Å². The first-order valence-corrected chi connectivity index (χ1v) is 9.16. The number of hydroxylamine groups is 1. The molecular formula is C21H24N4O4. The largest absolute Gasteiger partial charge is 0.391 e. The molecule has 0 aliphatic rings. The molecule has 2 aromatic rings. The molecular weight excluding hydrogens is 372 g/mol. The van der Waals surface area contributed by atoms with Crippen molar-refractivity contribution in [1.82, 2.24) is 16.1 Å². The van der Waals surface area contributed by atoms with Gasteiger partial charge in [-0.15, -0.1) is 0 Å². The van der Waals surface area contributed by atoms with Gasteiger partial charge in [0.2, 0.25) is 0 Å². The monoisotopic (exact) mass is 396 g/mol. The van der Waals surface area contributed by atoms with Gasteiger partial charge >= 0.3 is 0 Å². The number of hydrogen-bond donors (Lipinski definition) is 5. The first kappa shape index (κ1) is 22.0. The molecule has 152 valence electrons. The quantitative estimate of drug-likeness (QED) is 0.247. The maximum Gasteiger partial charge on any atom is 0.268 e. The molecule has 0 aliphatic carbocycles. The Labute approximate surface area is 169 Å². The van der Waals surface area contributed by atoms with Crippen molar-refractivity contribution >= 4 is 11.8 Å². The summed E-state index contributed by atoms with van der Waals surface area (Å²) in [7, 11) is 0. The average molecular weight is 396 g/mol. The Morgan fingerprint density at radius 2 is 1.66 bits per heavy atom. The minimum absolute atomic E-state index is 0.323. The van der Waals surface area contributed by atoms with Crippen molar-refractivity contribution in [3.05, 3.63) is 59.7 Å². The number of amides is 2. The van der Waals surface area contributed by atoms with Gasteiger partial charge in [0.25, 0.3) is 11.8 Å². The third-order valence-corrected chi connectivity index (χ3v) is 4.34. The maximum absolute atomic E-state index is 12.3. The fourth-order valence-electron chi connectivity index (χ4n) is 2.71. The van der Waals surface area contributed by atoms with Crippen LogP contribution in [-0.2, 0) is 11.3 Å². The Bertz CT molecular complexity index is 858. The van der Waals surface area contributed by atoms with Crippen molar-refractivity contribution < 1.29 is 19.9 Å². The van der Waals surface area contributed by atoms with E-state index in [0.717, 1.165) is 16.7 Å². The van der Waals surface area contributed by atoms with Crippen molar-refractivity contribution in [3.63, 3.8) is 0 Å². The van der Waals surface area contributed by atoms with Crippen LogP contribution in [0.3, 0.4) is 0 Å². The standard InChI is InChI=1S/C21H24N4O4/c1-14(26)19(21(28)25-29)24-20(27)18-9-7-17(8-10-18)16-5-3-15(4-6-16)13-23-12-2-11-22/h3-10,14,19,23,26,29H,2,12-13H2,1H3,(H,24,27)(H,25,28)/t14-,19+/m1/s1. The number of nitrogens with one attached hydrogen (secondary N) is 3. The van der Waals surface area contributed by atoms with Crippen molar-refractivity contribution in [2.24, 2.45) is 0 Å². The predicted octanol–water partition coefficient (Wildman–Crippen LogP) is 1.34. The molecule has 0 bridgehead atoms. The van der Waals surface area contributed by atoms with Crippen molar-refractivity contribution in [2.75, 3.05) is 6.54 Å². The molecule has 0 fully saturated rings. The Kier molecular flexibility index (Phi) is 8.30. The molecule has 0 aliphatic heterocycles. The zero-order valence-corrected chi connectivity index (χ0v) is 16.1. The lowest BCUT2D eigenvalue weighted by Crippen LogP contribution is -2.51. The second kappa shape index (κ2) is 10.9. The van der Waals surface area contributed by atoms with E-state index < -0.39 is 24.0 Å². The van der Waals surface area contributed by atoms with E-state index in [1.54, 1.807) is 24.3 Å². The minimum atomic E-state index is -1.26. The molecule has 0 saturated heterocycles. The summed E-state index contributed by atoms with van der Waals surface area (Å²) < 4.78 is 0. The van der Waals surface area contributed by atoms with Gasteiger partial charge in [0.15, 0.2) is 0 Å². The number of nitriles is 1. The number of nitrogens with zero attached hydrogens (tertiary/aromatic N) is 1. The van der Waals surface area contributed by atoms with Gasteiger partial charge in [0.05, 0.1) is 12.2 Å². The summed E-state index contributed by atoms with van der Waals surface area (Å²) >= 11 is 0. The fourth-order valence-corrected chi connectivity index (χ4v) is 2.71. The molecule has 2 atom stereocenters. The van der Waals surface area contributed by atoms with Gasteiger partial charge < -0.3 is 15.7 Å². The molecule has 0 heterocycles. The molecule has 5 N–H and O–H groups in total. The van der Waals surface area contributed by atoms with E-state index in [2.05, 4.69) is 16.7 Å². The molecule has 2 rings (SSSR count). The van der Waals surface area contributed by atoms with E-state index in [-0.39, 0.29) is 0 Å². The second-order valence-electron chi connectivity index (χ2n) is 6.53. The molecule has 0 saturated carbocycles. The normalized spacial score (nSPS) is 12.5. The summed E-state index contributed by atoms with van der Waals surface area (Å²) in [5.41, 5.74) is 4.76. The number of aliphatic hydroxyl groups is 1. The highest BCUT2D eigenvalue weighted by molar-refractivity contribution is 5.97. The Morgan fingerprint density at radius 3 is 2.17 bits per heavy atom. The maximum atomic E-state index is 12.3. The van der Waals surface area contributed by atoms with Crippen molar-refractivity contribution in [2.45, 2.75) is 32.0 Å². The molecule has 2 aromatic carbocycles.